The third-order valence-corrected chi connectivity index (χ3v) is 2.32. The summed E-state index contributed by atoms with van der Waals surface area (Å²) in [7, 11) is 1.80. The molecule has 0 fully saturated rings. The largest absolute Gasteiger partial charge is 0.393 e. The zero-order valence-corrected chi connectivity index (χ0v) is 9.90. The van der Waals surface area contributed by atoms with Crippen LogP contribution in [0.2, 0.25) is 0 Å². The van der Waals surface area contributed by atoms with Crippen molar-refractivity contribution in [3.05, 3.63) is 0 Å². The number of hydrogen-bond acceptors (Lipinski definition) is 2. The minimum Gasteiger partial charge on any atom is -0.393 e. The van der Waals surface area contributed by atoms with Crippen molar-refractivity contribution in [3.8, 4) is 0 Å². The molecule has 0 saturated heterocycles. The second kappa shape index (κ2) is 7.74. The van der Waals surface area contributed by atoms with Gasteiger partial charge in [-0.2, -0.15) is 0 Å². The molecule has 0 radical (unpaired) electrons. The quantitative estimate of drug-likeness (QED) is 0.520. The van der Waals surface area contributed by atoms with Crippen LogP contribution in [0.25, 0.3) is 0 Å². The van der Waals surface area contributed by atoms with E-state index in [9.17, 15) is 4.79 Å². The highest BCUT2D eigenvalue weighted by atomic mass is 32.1. The third kappa shape index (κ3) is 6.83. The lowest BCUT2D eigenvalue weighted by Gasteiger charge is -2.16. The summed E-state index contributed by atoms with van der Waals surface area (Å²) in [5.41, 5.74) is 5.36. The van der Waals surface area contributed by atoms with E-state index >= 15 is 0 Å². The van der Waals surface area contributed by atoms with Crippen molar-refractivity contribution in [1.82, 2.24) is 4.90 Å². The van der Waals surface area contributed by atoms with Gasteiger partial charge in [-0.1, -0.05) is 32.0 Å². The summed E-state index contributed by atoms with van der Waals surface area (Å²) in [5.74, 6) is 0.190. The number of rotatable bonds is 7. The Hall–Kier alpha value is -0.640. The average molecular weight is 216 g/mol. The number of amides is 1. The lowest BCUT2D eigenvalue weighted by molar-refractivity contribution is -0.129. The fourth-order valence-corrected chi connectivity index (χ4v) is 1.21. The Kier molecular flexibility index (Phi) is 7.38. The molecule has 0 bridgehead atoms. The first-order valence-corrected chi connectivity index (χ1v) is 5.51. The molecule has 0 spiro atoms. The highest BCUT2D eigenvalue weighted by molar-refractivity contribution is 7.80. The topological polar surface area (TPSA) is 46.3 Å². The number of carbonyl (C=O) groups excluding carboxylic acids is 1. The molecular formula is C10H20N2OS. The van der Waals surface area contributed by atoms with Gasteiger partial charge in [-0.25, -0.2) is 0 Å². The van der Waals surface area contributed by atoms with Gasteiger partial charge in [0.2, 0.25) is 5.91 Å². The first-order chi connectivity index (χ1) is 6.57. The molecule has 0 aliphatic rings. The molecule has 0 aliphatic carbocycles. The normalized spacial score (nSPS) is 9.86. The highest BCUT2D eigenvalue weighted by Crippen LogP contribution is 2.02. The van der Waals surface area contributed by atoms with E-state index in [0.717, 1.165) is 19.3 Å². The SMILES string of the molecule is CCCCCC(=O)N(C)CCC(N)=S. The highest BCUT2D eigenvalue weighted by Gasteiger charge is 2.07. The molecule has 82 valence electrons. The third-order valence-electron chi connectivity index (χ3n) is 2.11. The Bertz CT molecular complexity index is 195. The maximum atomic E-state index is 11.5. The van der Waals surface area contributed by atoms with Crippen LogP contribution in [-0.2, 0) is 4.79 Å². The van der Waals surface area contributed by atoms with Crippen LogP contribution in [0.1, 0.15) is 39.0 Å². The zero-order valence-electron chi connectivity index (χ0n) is 9.08. The first kappa shape index (κ1) is 13.4. The van der Waals surface area contributed by atoms with Gasteiger partial charge in [0.05, 0.1) is 4.99 Å². The van der Waals surface area contributed by atoms with Crippen LogP contribution >= 0.6 is 12.2 Å². The maximum Gasteiger partial charge on any atom is 0.222 e. The Morgan fingerprint density at radius 3 is 2.50 bits per heavy atom. The molecule has 1 amide bonds. The van der Waals surface area contributed by atoms with Crippen LogP contribution in [0.4, 0.5) is 0 Å². The van der Waals surface area contributed by atoms with Crippen molar-refractivity contribution in [1.29, 1.82) is 0 Å². The smallest absolute Gasteiger partial charge is 0.222 e. The van der Waals surface area contributed by atoms with Gasteiger partial charge in [0, 0.05) is 26.4 Å². The summed E-state index contributed by atoms with van der Waals surface area (Å²) in [6, 6.07) is 0. The van der Waals surface area contributed by atoms with E-state index in [1.54, 1.807) is 11.9 Å². The molecule has 0 rings (SSSR count). The van der Waals surface area contributed by atoms with E-state index in [0.29, 0.717) is 24.4 Å². The molecular weight excluding hydrogens is 196 g/mol. The fourth-order valence-electron chi connectivity index (χ4n) is 1.12. The molecule has 0 aromatic rings. The van der Waals surface area contributed by atoms with Gasteiger partial charge in [-0.3, -0.25) is 4.79 Å². The molecule has 0 heterocycles. The summed E-state index contributed by atoms with van der Waals surface area (Å²) >= 11 is 4.75. The second-order valence-electron chi connectivity index (χ2n) is 3.49. The molecule has 2 N–H and O–H groups in total. The monoisotopic (exact) mass is 216 g/mol. The van der Waals surface area contributed by atoms with Crippen LogP contribution < -0.4 is 5.73 Å². The van der Waals surface area contributed by atoms with Gasteiger partial charge in [0.25, 0.3) is 0 Å². The van der Waals surface area contributed by atoms with Crippen LogP contribution in [0.3, 0.4) is 0 Å². The van der Waals surface area contributed by atoms with Gasteiger partial charge in [0.1, 0.15) is 0 Å². The molecule has 4 heteroatoms. The standard InChI is InChI=1S/C10H20N2OS/c1-3-4-5-6-10(13)12(2)8-7-9(11)14/h3-8H2,1-2H3,(H2,11,14). The molecule has 14 heavy (non-hydrogen) atoms. The molecule has 0 atom stereocenters. The Morgan fingerprint density at radius 1 is 1.36 bits per heavy atom. The number of hydrogen-bond donors (Lipinski definition) is 1. The van der Waals surface area contributed by atoms with Gasteiger partial charge in [0.15, 0.2) is 0 Å². The number of nitrogens with zero attached hydrogens (tertiary/aromatic N) is 1. The Labute approximate surface area is 91.6 Å². The summed E-state index contributed by atoms with van der Waals surface area (Å²) in [6.45, 7) is 2.77. The van der Waals surface area contributed by atoms with Crippen LogP contribution in [0.15, 0.2) is 0 Å². The van der Waals surface area contributed by atoms with Gasteiger partial charge >= 0.3 is 0 Å². The predicted molar refractivity (Wildman–Crippen MR) is 63.2 cm³/mol. The summed E-state index contributed by atoms with van der Waals surface area (Å²) < 4.78 is 0. The summed E-state index contributed by atoms with van der Waals surface area (Å²) in [6.07, 6.45) is 4.50. The molecule has 0 aromatic heterocycles. The van der Waals surface area contributed by atoms with Gasteiger partial charge < -0.3 is 10.6 Å². The average Bonchev–Trinajstić information content (AvgIpc) is 2.14. The first-order valence-electron chi connectivity index (χ1n) is 5.10. The van der Waals surface area contributed by atoms with E-state index in [-0.39, 0.29) is 5.91 Å². The number of unbranched alkanes of at least 4 members (excludes halogenated alkanes) is 2. The zero-order chi connectivity index (χ0) is 11.0. The molecule has 0 aromatic carbocycles. The van der Waals surface area contributed by atoms with Crippen molar-refractivity contribution >= 4 is 23.1 Å². The molecule has 0 saturated carbocycles. The minimum absolute atomic E-state index is 0.190. The van der Waals surface area contributed by atoms with E-state index in [4.69, 9.17) is 18.0 Å². The van der Waals surface area contributed by atoms with Crippen molar-refractivity contribution < 1.29 is 4.79 Å². The van der Waals surface area contributed by atoms with E-state index in [1.807, 2.05) is 0 Å². The summed E-state index contributed by atoms with van der Waals surface area (Å²) in [4.78, 5) is 13.6. The number of nitrogens with two attached hydrogens (primary N) is 1. The number of carbonyl (C=O) groups is 1. The van der Waals surface area contributed by atoms with Gasteiger partial charge in [-0.15, -0.1) is 0 Å². The number of thiocarbonyl (C=S) groups is 1. The van der Waals surface area contributed by atoms with Crippen molar-refractivity contribution in [2.24, 2.45) is 5.73 Å². The predicted octanol–water partition coefficient (Wildman–Crippen LogP) is 1.70. The fraction of sp³-hybridized carbons (Fsp3) is 0.800. The maximum absolute atomic E-state index is 11.5. The van der Waals surface area contributed by atoms with Crippen molar-refractivity contribution in [3.63, 3.8) is 0 Å². The van der Waals surface area contributed by atoms with E-state index in [2.05, 4.69) is 6.92 Å². The van der Waals surface area contributed by atoms with Gasteiger partial charge in [-0.05, 0) is 6.42 Å². The Morgan fingerprint density at radius 2 is 2.00 bits per heavy atom. The van der Waals surface area contributed by atoms with Crippen molar-refractivity contribution in [2.45, 2.75) is 39.0 Å². The van der Waals surface area contributed by atoms with Crippen LogP contribution in [0, 0.1) is 0 Å². The van der Waals surface area contributed by atoms with E-state index < -0.39 is 0 Å². The van der Waals surface area contributed by atoms with Crippen LogP contribution in [0.5, 0.6) is 0 Å². The lowest BCUT2D eigenvalue weighted by Crippen LogP contribution is -2.29. The van der Waals surface area contributed by atoms with Crippen molar-refractivity contribution in [2.75, 3.05) is 13.6 Å². The summed E-state index contributed by atoms with van der Waals surface area (Å²) in [5, 5.41) is 0. The molecule has 0 aliphatic heterocycles. The van der Waals surface area contributed by atoms with Crippen LogP contribution in [-0.4, -0.2) is 29.4 Å². The van der Waals surface area contributed by atoms with E-state index in [1.165, 1.54) is 0 Å². The molecule has 3 nitrogen and oxygen atoms in total. The second-order valence-corrected chi connectivity index (χ2v) is 4.01. The lowest BCUT2D eigenvalue weighted by atomic mass is 10.2. The Balaban J connectivity index is 3.59. The molecule has 0 unspecified atom stereocenters. The minimum atomic E-state index is 0.190.